The predicted molar refractivity (Wildman–Crippen MR) is 145 cm³/mol. The van der Waals surface area contributed by atoms with E-state index in [1.807, 2.05) is 7.05 Å². The van der Waals surface area contributed by atoms with E-state index >= 15 is 4.39 Å². The molecule has 4 heterocycles. The van der Waals surface area contributed by atoms with Gasteiger partial charge in [-0.3, -0.25) is 4.90 Å². The summed E-state index contributed by atoms with van der Waals surface area (Å²) < 4.78 is 42.4. The molecule has 0 amide bonds. The summed E-state index contributed by atoms with van der Waals surface area (Å²) in [6.07, 6.45) is 0.939. The van der Waals surface area contributed by atoms with E-state index in [1.54, 1.807) is 13.2 Å². The quantitative estimate of drug-likeness (QED) is 0.309. The molecule has 13 heteroatoms. The number of rotatable bonds is 7. The number of halogens is 3. The zero-order valence-electron chi connectivity index (χ0n) is 20.7. The van der Waals surface area contributed by atoms with Crippen LogP contribution in [0.4, 0.5) is 19.7 Å². The largest absolute Gasteiger partial charge is 0.462 e. The number of benzene rings is 2. The van der Waals surface area contributed by atoms with Crippen LogP contribution in [-0.2, 0) is 4.74 Å². The van der Waals surface area contributed by atoms with Crippen molar-refractivity contribution in [2.45, 2.75) is 24.6 Å². The number of nitrogens with zero attached hydrogens (tertiary/aromatic N) is 4. The molecule has 0 saturated carbocycles. The lowest BCUT2D eigenvalue weighted by Crippen LogP contribution is -2.51. The molecular weight excluding hydrogens is 536 g/mol. The van der Waals surface area contributed by atoms with E-state index in [0.29, 0.717) is 23.4 Å². The van der Waals surface area contributed by atoms with Gasteiger partial charge in [-0.05, 0) is 31.7 Å². The van der Waals surface area contributed by atoms with Crippen molar-refractivity contribution >= 4 is 55.0 Å². The van der Waals surface area contributed by atoms with Crippen LogP contribution in [0.5, 0.6) is 6.01 Å². The van der Waals surface area contributed by atoms with Crippen LogP contribution in [0.2, 0.25) is 5.02 Å². The number of likely N-dealkylation sites (N-methyl/N-ethyl adjacent to an activating group) is 1. The van der Waals surface area contributed by atoms with Crippen molar-refractivity contribution < 1.29 is 18.3 Å². The Labute approximate surface area is 226 Å². The highest BCUT2D eigenvalue weighted by Gasteiger charge is 2.31. The van der Waals surface area contributed by atoms with Gasteiger partial charge in [0.05, 0.1) is 27.4 Å². The van der Waals surface area contributed by atoms with Gasteiger partial charge in [0.25, 0.3) is 0 Å². The highest BCUT2D eigenvalue weighted by Crippen LogP contribution is 2.42. The number of ether oxygens (including phenoxy) is 2. The third kappa shape index (κ3) is 4.50. The first-order chi connectivity index (χ1) is 18.3. The van der Waals surface area contributed by atoms with E-state index in [9.17, 15) is 4.39 Å². The molecule has 2 fully saturated rings. The number of hydrogen-bond donors (Lipinski definition) is 3. The second kappa shape index (κ2) is 10.0. The number of likely N-dealkylation sites (tertiary alicyclic amines) is 1. The van der Waals surface area contributed by atoms with Gasteiger partial charge in [0.15, 0.2) is 10.9 Å². The highest BCUT2D eigenvalue weighted by molar-refractivity contribution is 7.22. The van der Waals surface area contributed by atoms with Gasteiger partial charge in [0.1, 0.15) is 23.8 Å². The van der Waals surface area contributed by atoms with Crippen molar-refractivity contribution in [3.63, 3.8) is 0 Å². The van der Waals surface area contributed by atoms with Gasteiger partial charge in [-0.15, -0.1) is 0 Å². The maximum atomic E-state index is 16.3. The van der Waals surface area contributed by atoms with Crippen LogP contribution in [0, 0.1) is 11.6 Å². The Morgan fingerprint density at radius 1 is 1.24 bits per heavy atom. The Hall–Kier alpha value is -2.90. The average Bonchev–Trinajstić information content (AvgIpc) is 3.44. The Morgan fingerprint density at radius 3 is 2.76 bits per heavy atom. The molecule has 0 aliphatic carbocycles. The number of aromatic nitrogens is 3. The van der Waals surface area contributed by atoms with Crippen molar-refractivity contribution in [1.82, 2.24) is 25.2 Å². The third-order valence-corrected chi connectivity index (χ3v) is 8.35. The van der Waals surface area contributed by atoms with Crippen LogP contribution in [0.25, 0.3) is 32.2 Å². The third-order valence-electron chi connectivity index (χ3n) is 7.15. The number of hydrogen-bond acceptors (Lipinski definition) is 10. The molecular formula is C25H26ClF2N7O2S. The topological polar surface area (TPSA) is 110 Å². The van der Waals surface area contributed by atoms with Crippen molar-refractivity contribution in [3.8, 4) is 17.1 Å². The van der Waals surface area contributed by atoms with Crippen LogP contribution in [0.15, 0.2) is 18.2 Å². The van der Waals surface area contributed by atoms with Crippen LogP contribution in [0.3, 0.4) is 0 Å². The van der Waals surface area contributed by atoms with E-state index in [2.05, 4.69) is 30.5 Å². The first-order valence-corrected chi connectivity index (χ1v) is 13.4. The van der Waals surface area contributed by atoms with Crippen molar-refractivity contribution in [2.75, 3.05) is 51.4 Å². The predicted octanol–water partition coefficient (Wildman–Crippen LogP) is 3.90. The minimum Gasteiger partial charge on any atom is -0.462 e. The lowest BCUT2D eigenvalue weighted by atomic mass is 10.0. The van der Waals surface area contributed by atoms with Crippen LogP contribution in [-0.4, -0.2) is 78.4 Å². The molecule has 2 unspecified atom stereocenters. The lowest BCUT2D eigenvalue weighted by molar-refractivity contribution is 0.111. The molecule has 0 spiro atoms. The monoisotopic (exact) mass is 561 g/mol. The molecule has 2 atom stereocenters. The number of nitrogen functional groups attached to an aromatic ring is 1. The fraction of sp³-hybridized carbons (Fsp3) is 0.400. The Balaban J connectivity index is 1.44. The molecule has 2 aromatic heterocycles. The zero-order chi connectivity index (χ0) is 26.6. The molecule has 200 valence electrons. The number of nitrogens with two attached hydrogens (primary N) is 1. The van der Waals surface area contributed by atoms with E-state index in [4.69, 9.17) is 26.8 Å². The van der Waals surface area contributed by atoms with Gasteiger partial charge in [-0.25, -0.2) is 13.8 Å². The van der Waals surface area contributed by atoms with Crippen LogP contribution < -0.4 is 21.1 Å². The molecule has 2 aliphatic heterocycles. The summed E-state index contributed by atoms with van der Waals surface area (Å²) in [5, 5.41) is 7.26. The van der Waals surface area contributed by atoms with Crippen molar-refractivity contribution in [3.05, 3.63) is 34.9 Å². The fourth-order valence-electron chi connectivity index (χ4n) is 4.94. The SMILES string of the molecule is COC1CC(COc2nc(NC3CNC3)c3cc(Cl)c(-c4ccc(F)c5sc(N)nc45)c(F)c3n2)N(C)C1. The van der Waals surface area contributed by atoms with Crippen LogP contribution in [0.1, 0.15) is 6.42 Å². The second-order valence-corrected chi connectivity index (χ2v) is 11.1. The number of methoxy groups -OCH3 is 1. The number of anilines is 2. The number of nitrogens with one attached hydrogen (secondary N) is 2. The molecule has 38 heavy (non-hydrogen) atoms. The lowest BCUT2D eigenvalue weighted by Gasteiger charge is -2.29. The molecule has 0 bridgehead atoms. The van der Waals surface area contributed by atoms with Gasteiger partial charge < -0.3 is 25.8 Å². The molecule has 9 nitrogen and oxygen atoms in total. The average molecular weight is 562 g/mol. The molecule has 6 rings (SSSR count). The molecule has 4 aromatic rings. The molecule has 4 N–H and O–H groups in total. The van der Waals surface area contributed by atoms with E-state index < -0.39 is 11.6 Å². The molecule has 2 aliphatic rings. The van der Waals surface area contributed by atoms with Crippen molar-refractivity contribution in [1.29, 1.82) is 0 Å². The first-order valence-electron chi connectivity index (χ1n) is 12.2. The number of fused-ring (bicyclic) bond motifs is 2. The smallest absolute Gasteiger partial charge is 0.319 e. The summed E-state index contributed by atoms with van der Waals surface area (Å²) >= 11 is 7.64. The minimum absolute atomic E-state index is 0.0411. The van der Waals surface area contributed by atoms with Crippen LogP contribution >= 0.6 is 22.9 Å². The Bertz CT molecular complexity index is 1530. The summed E-state index contributed by atoms with van der Waals surface area (Å²) in [6, 6.07) is 4.61. The van der Waals surface area contributed by atoms with Gasteiger partial charge in [0, 0.05) is 49.3 Å². The van der Waals surface area contributed by atoms with E-state index in [1.165, 1.54) is 12.1 Å². The summed E-state index contributed by atoms with van der Waals surface area (Å²) in [5.74, 6) is -0.728. The van der Waals surface area contributed by atoms with Gasteiger partial charge in [-0.1, -0.05) is 22.9 Å². The summed E-state index contributed by atoms with van der Waals surface area (Å²) in [7, 11) is 3.70. The summed E-state index contributed by atoms with van der Waals surface area (Å²) in [6.45, 7) is 2.62. The van der Waals surface area contributed by atoms with E-state index in [0.717, 1.165) is 37.4 Å². The van der Waals surface area contributed by atoms with Crippen molar-refractivity contribution in [2.24, 2.45) is 0 Å². The highest BCUT2D eigenvalue weighted by atomic mass is 35.5. The maximum absolute atomic E-state index is 16.3. The minimum atomic E-state index is -0.675. The summed E-state index contributed by atoms with van der Waals surface area (Å²) in [5.41, 5.74) is 6.52. The Morgan fingerprint density at radius 2 is 2.05 bits per heavy atom. The standard InChI is InChI=1S/C25H26ClF2N7O2S/c1-35-9-13(36-2)5-12(35)10-37-25-33-20-15(23(34-25)31-11-7-30-8-11)6-16(26)18(19(20)28)14-3-4-17(27)22-21(14)32-24(29)38-22/h3-4,6,11-13,30H,5,7-10H2,1-2H3,(H2,29,32)(H,31,33,34). The number of thiazole rings is 1. The molecule has 2 saturated heterocycles. The summed E-state index contributed by atoms with van der Waals surface area (Å²) in [4.78, 5) is 15.4. The normalized spacial score (nSPS) is 20.3. The van der Waals surface area contributed by atoms with E-state index in [-0.39, 0.29) is 55.6 Å². The van der Waals surface area contributed by atoms with Gasteiger partial charge >= 0.3 is 6.01 Å². The second-order valence-electron chi connectivity index (χ2n) is 9.62. The van der Waals surface area contributed by atoms with Gasteiger partial charge in [-0.2, -0.15) is 9.97 Å². The molecule has 2 aromatic carbocycles. The zero-order valence-corrected chi connectivity index (χ0v) is 22.3. The first kappa shape index (κ1) is 25.4. The molecule has 0 radical (unpaired) electrons. The maximum Gasteiger partial charge on any atom is 0.319 e. The van der Waals surface area contributed by atoms with Gasteiger partial charge in [0.2, 0.25) is 0 Å². The Kier molecular flexibility index (Phi) is 6.68. The fourth-order valence-corrected chi connectivity index (χ4v) is 6.00.